The van der Waals surface area contributed by atoms with Crippen LogP contribution < -0.4 is 5.73 Å². The summed E-state index contributed by atoms with van der Waals surface area (Å²) in [6.45, 7) is 8.07. The number of amides is 1. The van der Waals surface area contributed by atoms with Crippen LogP contribution in [0.2, 0.25) is 25.7 Å². The number of carbonyl (C=O) groups excluding carboxylic acids is 1. The van der Waals surface area contributed by atoms with Gasteiger partial charge in [-0.3, -0.25) is 4.79 Å². The normalized spacial score (nSPS) is 11.9. The molecule has 0 bridgehead atoms. The van der Waals surface area contributed by atoms with Gasteiger partial charge in [0.2, 0.25) is 0 Å². The van der Waals surface area contributed by atoms with Crippen LogP contribution in [0.3, 0.4) is 0 Å². The lowest BCUT2D eigenvalue weighted by Crippen LogP contribution is -2.22. The van der Waals surface area contributed by atoms with Gasteiger partial charge in [-0.15, -0.1) is 0 Å². The minimum atomic E-state index is -1.09. The smallest absolute Gasteiger partial charge is 0.250 e. The third-order valence-electron chi connectivity index (χ3n) is 3.13. The van der Waals surface area contributed by atoms with Crippen molar-refractivity contribution in [2.75, 3.05) is 6.61 Å². The molecular formula is C14H21N3O2Si. The van der Waals surface area contributed by atoms with Crippen LogP contribution in [0.5, 0.6) is 0 Å². The third kappa shape index (κ3) is 3.46. The first kappa shape index (κ1) is 14.7. The van der Waals surface area contributed by atoms with Gasteiger partial charge >= 0.3 is 0 Å². The number of carbonyl (C=O) groups is 1. The van der Waals surface area contributed by atoms with E-state index in [0.29, 0.717) is 12.3 Å². The van der Waals surface area contributed by atoms with Gasteiger partial charge in [0.05, 0.1) is 5.56 Å². The summed E-state index contributed by atoms with van der Waals surface area (Å²) in [5.74, 6) is -0.441. The summed E-state index contributed by atoms with van der Waals surface area (Å²) >= 11 is 0. The Morgan fingerprint density at radius 1 is 1.45 bits per heavy atom. The van der Waals surface area contributed by atoms with Crippen molar-refractivity contribution < 1.29 is 9.53 Å². The molecule has 0 aliphatic rings. The van der Waals surface area contributed by atoms with E-state index < -0.39 is 14.0 Å². The van der Waals surface area contributed by atoms with Gasteiger partial charge in [-0.25, -0.2) is 4.98 Å². The number of fused-ring (bicyclic) bond motifs is 1. The van der Waals surface area contributed by atoms with E-state index in [-0.39, 0.29) is 0 Å². The van der Waals surface area contributed by atoms with E-state index in [1.165, 1.54) is 0 Å². The average molecular weight is 291 g/mol. The second kappa shape index (κ2) is 5.76. The predicted molar refractivity (Wildman–Crippen MR) is 82.4 cm³/mol. The fourth-order valence-corrected chi connectivity index (χ4v) is 2.72. The van der Waals surface area contributed by atoms with Gasteiger partial charge in [0.1, 0.15) is 12.4 Å². The molecule has 0 aromatic carbocycles. The van der Waals surface area contributed by atoms with Gasteiger partial charge in [-0.1, -0.05) is 19.6 Å². The molecule has 1 amide bonds. The van der Waals surface area contributed by atoms with E-state index in [1.807, 2.05) is 10.6 Å². The SMILES string of the molecule is C[Si](C)(C)CCOCn1cc(C(N)=O)c2cccnc21. The maximum absolute atomic E-state index is 11.4. The molecule has 0 spiro atoms. The highest BCUT2D eigenvalue weighted by Gasteiger charge is 2.14. The molecule has 0 radical (unpaired) electrons. The fraction of sp³-hybridized carbons (Fsp3) is 0.429. The summed E-state index contributed by atoms with van der Waals surface area (Å²) < 4.78 is 7.54. The van der Waals surface area contributed by atoms with E-state index >= 15 is 0 Å². The topological polar surface area (TPSA) is 70.1 Å². The first-order chi connectivity index (χ1) is 9.38. The van der Waals surface area contributed by atoms with Crippen molar-refractivity contribution in [3.05, 3.63) is 30.1 Å². The van der Waals surface area contributed by atoms with Crippen molar-refractivity contribution >= 4 is 25.0 Å². The van der Waals surface area contributed by atoms with Crippen molar-refractivity contribution in [2.45, 2.75) is 32.4 Å². The van der Waals surface area contributed by atoms with Crippen LogP contribution in [0.15, 0.2) is 24.5 Å². The van der Waals surface area contributed by atoms with Gasteiger partial charge in [-0.05, 0) is 18.2 Å². The Bertz CT molecular complexity index is 616. The number of rotatable bonds is 6. The van der Waals surface area contributed by atoms with Gasteiger partial charge in [0, 0.05) is 32.5 Å². The summed E-state index contributed by atoms with van der Waals surface area (Å²) in [4.78, 5) is 15.7. The second-order valence-corrected chi connectivity index (χ2v) is 11.7. The molecule has 20 heavy (non-hydrogen) atoms. The van der Waals surface area contributed by atoms with E-state index in [0.717, 1.165) is 23.7 Å². The van der Waals surface area contributed by atoms with Crippen molar-refractivity contribution in [1.82, 2.24) is 9.55 Å². The molecule has 6 heteroatoms. The number of primary amides is 1. The molecule has 0 atom stereocenters. The minimum absolute atomic E-state index is 0.394. The zero-order chi connectivity index (χ0) is 14.8. The van der Waals surface area contributed by atoms with Crippen molar-refractivity contribution in [1.29, 1.82) is 0 Å². The number of hydrogen-bond acceptors (Lipinski definition) is 3. The highest BCUT2D eigenvalue weighted by Crippen LogP contribution is 2.19. The lowest BCUT2D eigenvalue weighted by atomic mass is 10.2. The summed E-state index contributed by atoms with van der Waals surface area (Å²) in [7, 11) is -1.09. The molecular weight excluding hydrogens is 270 g/mol. The van der Waals surface area contributed by atoms with Crippen molar-refractivity contribution in [2.24, 2.45) is 5.73 Å². The molecule has 0 aliphatic carbocycles. The van der Waals surface area contributed by atoms with Crippen LogP contribution in [-0.2, 0) is 11.5 Å². The maximum Gasteiger partial charge on any atom is 0.250 e. The van der Waals surface area contributed by atoms with Gasteiger partial charge in [0.25, 0.3) is 5.91 Å². The van der Waals surface area contributed by atoms with Crippen LogP contribution in [-0.4, -0.2) is 30.1 Å². The van der Waals surface area contributed by atoms with Crippen LogP contribution in [0.1, 0.15) is 10.4 Å². The van der Waals surface area contributed by atoms with Crippen LogP contribution in [0, 0.1) is 0 Å². The number of pyridine rings is 1. The largest absolute Gasteiger partial charge is 0.366 e. The molecule has 0 fully saturated rings. The zero-order valence-corrected chi connectivity index (χ0v) is 13.2. The Morgan fingerprint density at radius 2 is 2.20 bits per heavy atom. The molecule has 2 heterocycles. The Balaban J connectivity index is 2.12. The average Bonchev–Trinajstić information content (AvgIpc) is 2.73. The molecule has 0 saturated carbocycles. The minimum Gasteiger partial charge on any atom is -0.366 e. The highest BCUT2D eigenvalue weighted by molar-refractivity contribution is 6.76. The van der Waals surface area contributed by atoms with Gasteiger partial charge in [-0.2, -0.15) is 0 Å². The zero-order valence-electron chi connectivity index (χ0n) is 12.2. The molecule has 108 valence electrons. The summed E-state index contributed by atoms with van der Waals surface area (Å²) in [6, 6.07) is 4.76. The maximum atomic E-state index is 11.4. The van der Waals surface area contributed by atoms with E-state index in [4.69, 9.17) is 10.5 Å². The van der Waals surface area contributed by atoms with E-state index in [1.54, 1.807) is 18.5 Å². The Kier molecular flexibility index (Phi) is 4.25. The van der Waals surface area contributed by atoms with Crippen LogP contribution in [0.4, 0.5) is 0 Å². The number of nitrogens with zero attached hydrogens (tertiary/aromatic N) is 2. The number of nitrogens with two attached hydrogens (primary N) is 1. The molecule has 2 rings (SSSR count). The quantitative estimate of drug-likeness (QED) is 0.656. The van der Waals surface area contributed by atoms with Crippen LogP contribution >= 0.6 is 0 Å². The van der Waals surface area contributed by atoms with Crippen LogP contribution in [0.25, 0.3) is 11.0 Å². The summed E-state index contributed by atoms with van der Waals surface area (Å²) in [5, 5.41) is 0.772. The third-order valence-corrected chi connectivity index (χ3v) is 4.83. The monoisotopic (exact) mass is 291 g/mol. The van der Waals surface area contributed by atoms with Gasteiger partial charge < -0.3 is 15.0 Å². The van der Waals surface area contributed by atoms with E-state index in [2.05, 4.69) is 24.6 Å². The molecule has 5 nitrogen and oxygen atoms in total. The molecule has 2 N–H and O–H groups in total. The van der Waals surface area contributed by atoms with E-state index in [9.17, 15) is 4.79 Å². The Labute approximate surface area is 119 Å². The first-order valence-corrected chi connectivity index (χ1v) is 10.4. The molecule has 0 unspecified atom stereocenters. The van der Waals surface area contributed by atoms with Gasteiger partial charge in [0.15, 0.2) is 0 Å². The number of hydrogen-bond donors (Lipinski definition) is 1. The Hall–Kier alpha value is -1.66. The van der Waals surface area contributed by atoms with Crippen molar-refractivity contribution in [3.8, 4) is 0 Å². The molecule has 0 aliphatic heterocycles. The first-order valence-electron chi connectivity index (χ1n) is 6.70. The summed E-state index contributed by atoms with van der Waals surface area (Å²) in [5.41, 5.74) is 6.61. The molecule has 0 saturated heterocycles. The number of ether oxygens (including phenoxy) is 1. The Morgan fingerprint density at radius 3 is 2.85 bits per heavy atom. The molecule has 2 aromatic heterocycles. The standard InChI is InChI=1S/C14H21N3O2Si/c1-20(2,3)8-7-19-10-17-9-12(13(15)18)11-5-4-6-16-14(11)17/h4-6,9H,7-8,10H2,1-3H3,(H2,15,18). The lowest BCUT2D eigenvalue weighted by molar-refractivity contribution is 0.0895. The fourth-order valence-electron chi connectivity index (χ4n) is 1.96. The molecule has 2 aromatic rings. The summed E-state index contributed by atoms with van der Waals surface area (Å²) in [6.07, 6.45) is 3.42. The lowest BCUT2D eigenvalue weighted by Gasteiger charge is -2.15. The van der Waals surface area contributed by atoms with Crippen molar-refractivity contribution in [3.63, 3.8) is 0 Å². The second-order valence-electron chi connectivity index (χ2n) is 6.10. The number of aromatic nitrogens is 2. The predicted octanol–water partition coefficient (Wildman–Crippen LogP) is 2.45. The highest BCUT2D eigenvalue weighted by atomic mass is 28.3.